The second-order valence-electron chi connectivity index (χ2n) is 3.40. The van der Waals surface area contributed by atoms with E-state index in [0.29, 0.717) is 12.3 Å². The number of rotatable bonds is 4. The summed E-state index contributed by atoms with van der Waals surface area (Å²) in [5.74, 6) is 2.83. The molecule has 0 spiro atoms. The molecule has 13 heavy (non-hydrogen) atoms. The van der Waals surface area contributed by atoms with Crippen LogP contribution in [0.5, 0.6) is 0 Å². The Morgan fingerprint density at radius 2 is 2.54 bits per heavy atom. The molecule has 0 bridgehead atoms. The van der Waals surface area contributed by atoms with Crippen molar-refractivity contribution in [2.24, 2.45) is 11.7 Å². The zero-order valence-electron chi connectivity index (χ0n) is 7.99. The lowest BCUT2D eigenvalue weighted by atomic mass is 9.96. The Hall–Kier alpha value is -0.220. The molecular formula is C9H17NO2S. The predicted molar refractivity (Wildman–Crippen MR) is 54.7 cm³/mol. The number of carbonyl (C=O) groups is 1. The van der Waals surface area contributed by atoms with Crippen LogP contribution in [0.15, 0.2) is 0 Å². The number of hydrogen-bond donors (Lipinski definition) is 1. The summed E-state index contributed by atoms with van der Waals surface area (Å²) in [6.07, 6.45) is 2.42. The molecule has 1 rings (SSSR count). The highest BCUT2D eigenvalue weighted by Crippen LogP contribution is 2.26. The van der Waals surface area contributed by atoms with Crippen LogP contribution in [-0.2, 0) is 9.53 Å². The van der Waals surface area contributed by atoms with E-state index in [9.17, 15) is 4.79 Å². The SMILES string of the molecule is COC(=O)CCC(N)C1CCSC1. The summed E-state index contributed by atoms with van der Waals surface area (Å²) in [5.41, 5.74) is 5.96. The average Bonchev–Trinajstić information content (AvgIpc) is 2.66. The molecule has 2 N–H and O–H groups in total. The molecule has 0 amide bonds. The molecule has 0 radical (unpaired) electrons. The Bertz CT molecular complexity index is 169. The summed E-state index contributed by atoms with van der Waals surface area (Å²) in [4.78, 5) is 10.8. The van der Waals surface area contributed by atoms with Crippen LogP contribution in [0, 0.1) is 5.92 Å². The van der Waals surface area contributed by atoms with Crippen molar-refractivity contribution in [3.05, 3.63) is 0 Å². The summed E-state index contributed by atoms with van der Waals surface area (Å²) < 4.78 is 4.56. The summed E-state index contributed by atoms with van der Waals surface area (Å²) in [5, 5.41) is 0. The first-order valence-corrected chi connectivity index (χ1v) is 5.79. The molecule has 1 saturated heterocycles. The van der Waals surface area contributed by atoms with Crippen molar-refractivity contribution in [3.63, 3.8) is 0 Å². The molecule has 0 saturated carbocycles. The lowest BCUT2D eigenvalue weighted by Gasteiger charge is -2.16. The highest BCUT2D eigenvalue weighted by molar-refractivity contribution is 7.99. The van der Waals surface area contributed by atoms with Crippen molar-refractivity contribution in [1.29, 1.82) is 0 Å². The van der Waals surface area contributed by atoms with Crippen molar-refractivity contribution in [3.8, 4) is 0 Å². The minimum Gasteiger partial charge on any atom is -0.469 e. The number of hydrogen-bond acceptors (Lipinski definition) is 4. The predicted octanol–water partition coefficient (Wildman–Crippen LogP) is 1.02. The normalized spacial score (nSPS) is 24.3. The quantitative estimate of drug-likeness (QED) is 0.693. The molecule has 0 aromatic heterocycles. The Morgan fingerprint density at radius 1 is 1.77 bits per heavy atom. The van der Waals surface area contributed by atoms with Gasteiger partial charge in [-0.3, -0.25) is 4.79 Å². The second-order valence-corrected chi connectivity index (χ2v) is 4.55. The van der Waals surface area contributed by atoms with E-state index in [2.05, 4.69) is 4.74 Å². The number of methoxy groups -OCH3 is 1. The van der Waals surface area contributed by atoms with Gasteiger partial charge in [-0.1, -0.05) is 0 Å². The fourth-order valence-corrected chi connectivity index (χ4v) is 2.87. The van der Waals surface area contributed by atoms with Crippen LogP contribution in [0.25, 0.3) is 0 Å². The van der Waals surface area contributed by atoms with Crippen molar-refractivity contribution >= 4 is 17.7 Å². The number of thioether (sulfide) groups is 1. The van der Waals surface area contributed by atoms with Crippen LogP contribution in [0.3, 0.4) is 0 Å². The fourth-order valence-electron chi connectivity index (χ4n) is 1.51. The monoisotopic (exact) mass is 203 g/mol. The Kier molecular flexibility index (Phi) is 4.59. The number of esters is 1. The number of carbonyl (C=O) groups excluding carboxylic acids is 1. The molecule has 1 aliphatic heterocycles. The third-order valence-electron chi connectivity index (χ3n) is 2.48. The van der Waals surface area contributed by atoms with E-state index >= 15 is 0 Å². The van der Waals surface area contributed by atoms with Crippen LogP contribution in [-0.4, -0.2) is 30.6 Å². The molecule has 3 nitrogen and oxygen atoms in total. The van der Waals surface area contributed by atoms with Crippen LogP contribution in [0.4, 0.5) is 0 Å². The largest absolute Gasteiger partial charge is 0.469 e. The standard InChI is InChI=1S/C9H17NO2S/c1-12-9(11)3-2-8(10)7-4-5-13-6-7/h7-8H,2-6,10H2,1H3. The smallest absolute Gasteiger partial charge is 0.305 e. The molecule has 76 valence electrons. The summed E-state index contributed by atoms with van der Waals surface area (Å²) >= 11 is 1.95. The van der Waals surface area contributed by atoms with Crippen molar-refractivity contribution in [2.75, 3.05) is 18.6 Å². The van der Waals surface area contributed by atoms with Gasteiger partial charge in [0, 0.05) is 12.5 Å². The molecule has 2 unspecified atom stereocenters. The van der Waals surface area contributed by atoms with Gasteiger partial charge in [0.05, 0.1) is 7.11 Å². The highest BCUT2D eigenvalue weighted by atomic mass is 32.2. The fraction of sp³-hybridized carbons (Fsp3) is 0.889. The lowest BCUT2D eigenvalue weighted by molar-refractivity contribution is -0.140. The van der Waals surface area contributed by atoms with Gasteiger partial charge in [-0.15, -0.1) is 0 Å². The van der Waals surface area contributed by atoms with Gasteiger partial charge in [0.2, 0.25) is 0 Å². The van der Waals surface area contributed by atoms with Gasteiger partial charge in [0.1, 0.15) is 0 Å². The van der Waals surface area contributed by atoms with Gasteiger partial charge in [-0.05, 0) is 30.3 Å². The molecule has 0 aromatic rings. The van der Waals surface area contributed by atoms with Gasteiger partial charge in [-0.25, -0.2) is 0 Å². The lowest BCUT2D eigenvalue weighted by Crippen LogP contribution is -2.30. The summed E-state index contributed by atoms with van der Waals surface area (Å²) in [6, 6.07) is 0.175. The van der Waals surface area contributed by atoms with E-state index in [1.807, 2.05) is 11.8 Å². The van der Waals surface area contributed by atoms with E-state index < -0.39 is 0 Å². The topological polar surface area (TPSA) is 52.3 Å². The maximum Gasteiger partial charge on any atom is 0.305 e. The summed E-state index contributed by atoms with van der Waals surface area (Å²) in [6.45, 7) is 0. The first-order valence-electron chi connectivity index (χ1n) is 4.64. The van der Waals surface area contributed by atoms with Crippen molar-refractivity contribution < 1.29 is 9.53 Å². The number of nitrogens with two attached hydrogens (primary N) is 1. The Balaban J connectivity index is 2.16. The van der Waals surface area contributed by atoms with E-state index in [0.717, 1.165) is 12.2 Å². The van der Waals surface area contributed by atoms with E-state index in [1.54, 1.807) is 0 Å². The average molecular weight is 203 g/mol. The zero-order chi connectivity index (χ0) is 9.68. The van der Waals surface area contributed by atoms with E-state index in [-0.39, 0.29) is 12.0 Å². The van der Waals surface area contributed by atoms with Crippen LogP contribution in [0.1, 0.15) is 19.3 Å². The van der Waals surface area contributed by atoms with Crippen molar-refractivity contribution in [1.82, 2.24) is 0 Å². The Labute approximate surface area is 83.4 Å². The van der Waals surface area contributed by atoms with E-state index in [1.165, 1.54) is 19.3 Å². The molecular weight excluding hydrogens is 186 g/mol. The second kappa shape index (κ2) is 5.50. The summed E-state index contributed by atoms with van der Waals surface area (Å²) in [7, 11) is 1.42. The van der Waals surface area contributed by atoms with Crippen LogP contribution >= 0.6 is 11.8 Å². The first-order chi connectivity index (χ1) is 6.24. The van der Waals surface area contributed by atoms with E-state index in [4.69, 9.17) is 5.73 Å². The third kappa shape index (κ3) is 3.56. The van der Waals surface area contributed by atoms with Gasteiger partial charge >= 0.3 is 5.97 Å². The third-order valence-corrected chi connectivity index (χ3v) is 3.67. The molecule has 4 heteroatoms. The highest BCUT2D eigenvalue weighted by Gasteiger charge is 2.22. The number of ether oxygens (including phenoxy) is 1. The molecule has 1 fully saturated rings. The molecule has 0 aliphatic carbocycles. The van der Waals surface area contributed by atoms with Gasteiger partial charge in [0.15, 0.2) is 0 Å². The molecule has 1 heterocycles. The molecule has 0 aromatic carbocycles. The van der Waals surface area contributed by atoms with Crippen LogP contribution < -0.4 is 5.73 Å². The molecule has 1 aliphatic rings. The van der Waals surface area contributed by atoms with Crippen molar-refractivity contribution in [2.45, 2.75) is 25.3 Å². The maximum absolute atomic E-state index is 10.8. The van der Waals surface area contributed by atoms with Gasteiger partial charge in [-0.2, -0.15) is 11.8 Å². The molecule has 2 atom stereocenters. The first kappa shape index (κ1) is 10.9. The van der Waals surface area contributed by atoms with Gasteiger partial charge in [0.25, 0.3) is 0 Å². The maximum atomic E-state index is 10.8. The Morgan fingerprint density at radius 3 is 3.08 bits per heavy atom. The minimum atomic E-state index is -0.152. The van der Waals surface area contributed by atoms with Gasteiger partial charge < -0.3 is 10.5 Å². The zero-order valence-corrected chi connectivity index (χ0v) is 8.81. The van der Waals surface area contributed by atoms with Crippen LogP contribution in [0.2, 0.25) is 0 Å². The minimum absolute atomic E-state index is 0.152.